The lowest BCUT2D eigenvalue weighted by molar-refractivity contribution is 0.604. The third-order valence-corrected chi connectivity index (χ3v) is 3.00. The zero-order chi connectivity index (χ0) is 15.4. The molecular formula is C21H26. The number of allylic oxidation sites excluding steroid dienone is 2. The molecule has 0 radical (unpaired) electrons. The molecule has 0 aromatic rings. The number of hydrogen-bond acceptors (Lipinski definition) is 0. The minimum atomic E-state index is 0.890. The van der Waals surface area contributed by atoms with Gasteiger partial charge in [-0.15, -0.1) is 18.8 Å². The fourth-order valence-corrected chi connectivity index (χ4v) is 1.82. The van der Waals surface area contributed by atoms with E-state index in [9.17, 15) is 0 Å². The molecule has 0 aliphatic carbocycles. The van der Waals surface area contributed by atoms with E-state index in [1.807, 2.05) is 6.08 Å². The highest BCUT2D eigenvalue weighted by Gasteiger charge is 1.89. The molecule has 0 saturated carbocycles. The van der Waals surface area contributed by atoms with Crippen LogP contribution in [0.15, 0.2) is 12.2 Å². The summed E-state index contributed by atoms with van der Waals surface area (Å²) in [5.74, 6) is 17.2. The Morgan fingerprint density at radius 3 is 1.86 bits per heavy atom. The van der Waals surface area contributed by atoms with Gasteiger partial charge >= 0.3 is 0 Å². The van der Waals surface area contributed by atoms with E-state index in [2.05, 4.69) is 35.5 Å². The van der Waals surface area contributed by atoms with Crippen molar-refractivity contribution in [1.29, 1.82) is 0 Å². The largest absolute Gasteiger partial charge is 0.120 e. The van der Waals surface area contributed by atoms with Gasteiger partial charge < -0.3 is 0 Å². The van der Waals surface area contributed by atoms with Crippen molar-refractivity contribution in [3.8, 4) is 48.4 Å². The lowest BCUT2D eigenvalue weighted by Crippen LogP contribution is -1.79. The van der Waals surface area contributed by atoms with Crippen molar-refractivity contribution in [2.75, 3.05) is 0 Å². The van der Waals surface area contributed by atoms with E-state index >= 15 is 0 Å². The molecular weight excluding hydrogens is 252 g/mol. The average Bonchev–Trinajstić information content (AvgIpc) is 2.50. The minimum absolute atomic E-state index is 0.890. The minimum Gasteiger partial charge on any atom is -0.120 e. The van der Waals surface area contributed by atoms with Crippen LogP contribution >= 0.6 is 0 Å². The normalized spacial score (nSPS) is 9.05. The van der Waals surface area contributed by atoms with E-state index in [0.717, 1.165) is 32.1 Å². The van der Waals surface area contributed by atoms with Crippen LogP contribution < -0.4 is 0 Å². The summed E-state index contributed by atoms with van der Waals surface area (Å²) < 4.78 is 0. The zero-order valence-corrected chi connectivity index (χ0v) is 13.1. The second-order valence-electron chi connectivity index (χ2n) is 4.89. The monoisotopic (exact) mass is 278 g/mol. The number of hydrogen-bond donors (Lipinski definition) is 0. The summed E-state index contributed by atoms with van der Waals surface area (Å²) >= 11 is 0. The summed E-state index contributed by atoms with van der Waals surface area (Å²) in [5, 5.41) is 0. The van der Waals surface area contributed by atoms with Crippen LogP contribution in [-0.2, 0) is 0 Å². The maximum absolute atomic E-state index is 5.21. The topological polar surface area (TPSA) is 0 Å². The van der Waals surface area contributed by atoms with Crippen LogP contribution in [0.5, 0.6) is 0 Å². The summed E-state index contributed by atoms with van der Waals surface area (Å²) in [5.41, 5.74) is 0. The predicted octanol–water partition coefficient (Wildman–Crippen LogP) is 5.11. The van der Waals surface area contributed by atoms with Gasteiger partial charge in [-0.2, -0.15) is 0 Å². The highest BCUT2D eigenvalue weighted by Crippen LogP contribution is 2.07. The van der Waals surface area contributed by atoms with Gasteiger partial charge in [-0.05, 0) is 43.6 Å². The molecule has 21 heavy (non-hydrogen) atoms. The van der Waals surface area contributed by atoms with Gasteiger partial charge in [0.25, 0.3) is 0 Å². The van der Waals surface area contributed by atoms with Gasteiger partial charge in [-0.3, -0.25) is 0 Å². The summed E-state index contributed by atoms with van der Waals surface area (Å²) in [7, 11) is 0. The van der Waals surface area contributed by atoms with Gasteiger partial charge in [-0.25, -0.2) is 0 Å². The Labute approximate surface area is 131 Å². The van der Waals surface area contributed by atoms with Crippen molar-refractivity contribution in [2.45, 2.75) is 70.6 Å². The molecule has 0 saturated heterocycles. The van der Waals surface area contributed by atoms with Crippen LogP contribution in [0.1, 0.15) is 70.6 Å². The summed E-state index contributed by atoms with van der Waals surface area (Å²) in [6.45, 7) is 0. The van der Waals surface area contributed by atoms with E-state index in [4.69, 9.17) is 12.8 Å². The number of terminal acetylenes is 2. The molecule has 0 heterocycles. The van der Waals surface area contributed by atoms with E-state index in [-0.39, 0.29) is 0 Å². The Morgan fingerprint density at radius 2 is 1.24 bits per heavy atom. The van der Waals surface area contributed by atoms with Crippen molar-refractivity contribution in [2.24, 2.45) is 0 Å². The molecule has 0 nitrogen and oxygen atoms in total. The standard InChI is InChI=1S/C21H26/c1-3-5-7-9-11-13-15-17-19-21-20-18-16-14-12-10-8-6-4-2/h1-2,5,7H,6,8-14,16,18,20H2. The summed E-state index contributed by atoms with van der Waals surface area (Å²) in [6, 6.07) is 0. The van der Waals surface area contributed by atoms with E-state index in [1.54, 1.807) is 6.08 Å². The molecule has 0 N–H and O–H groups in total. The lowest BCUT2D eigenvalue weighted by Gasteiger charge is -1.97. The first-order valence-corrected chi connectivity index (χ1v) is 7.92. The van der Waals surface area contributed by atoms with Gasteiger partial charge in [0.1, 0.15) is 0 Å². The Kier molecular flexibility index (Phi) is 16.3. The number of unbranched alkanes of at least 4 members (excludes halogenated alkanes) is 9. The Morgan fingerprint density at radius 1 is 0.667 bits per heavy atom. The second-order valence-corrected chi connectivity index (χ2v) is 4.89. The third kappa shape index (κ3) is 18.0. The van der Waals surface area contributed by atoms with Crippen LogP contribution in [0.25, 0.3) is 0 Å². The number of rotatable bonds is 10. The van der Waals surface area contributed by atoms with Crippen LogP contribution in [0.3, 0.4) is 0 Å². The Balaban J connectivity index is 3.33. The highest BCUT2D eigenvalue weighted by molar-refractivity contribution is 5.25. The molecule has 0 aliphatic rings. The van der Waals surface area contributed by atoms with Crippen molar-refractivity contribution < 1.29 is 0 Å². The van der Waals surface area contributed by atoms with Crippen molar-refractivity contribution >= 4 is 0 Å². The van der Waals surface area contributed by atoms with Crippen molar-refractivity contribution in [1.82, 2.24) is 0 Å². The SMILES string of the molecule is C#CC=CCCCC#CC#CCCCCCCCCC#C. The molecule has 0 aliphatic heterocycles. The van der Waals surface area contributed by atoms with Gasteiger partial charge in [0, 0.05) is 19.3 Å². The molecule has 0 unspecified atom stereocenters. The zero-order valence-electron chi connectivity index (χ0n) is 13.1. The molecule has 0 rings (SSSR count). The first-order valence-electron chi connectivity index (χ1n) is 7.92. The van der Waals surface area contributed by atoms with Gasteiger partial charge in [0.05, 0.1) is 0 Å². The van der Waals surface area contributed by atoms with E-state index in [0.29, 0.717) is 0 Å². The van der Waals surface area contributed by atoms with Gasteiger partial charge in [0.2, 0.25) is 0 Å². The van der Waals surface area contributed by atoms with Gasteiger partial charge in [-0.1, -0.05) is 49.5 Å². The van der Waals surface area contributed by atoms with Crippen molar-refractivity contribution in [3.63, 3.8) is 0 Å². The van der Waals surface area contributed by atoms with Crippen LogP contribution in [-0.4, -0.2) is 0 Å². The van der Waals surface area contributed by atoms with Gasteiger partial charge in [0.15, 0.2) is 0 Å². The molecule has 0 atom stereocenters. The molecule has 0 bridgehead atoms. The van der Waals surface area contributed by atoms with Crippen LogP contribution in [0.2, 0.25) is 0 Å². The van der Waals surface area contributed by atoms with Crippen molar-refractivity contribution in [3.05, 3.63) is 12.2 Å². The maximum Gasteiger partial charge on any atom is 0.0102 e. The fraction of sp³-hybridized carbons (Fsp3) is 0.524. The van der Waals surface area contributed by atoms with E-state index < -0.39 is 0 Å². The summed E-state index contributed by atoms with van der Waals surface area (Å²) in [4.78, 5) is 0. The molecule has 110 valence electrons. The van der Waals surface area contributed by atoms with E-state index in [1.165, 1.54) is 38.5 Å². The second kappa shape index (κ2) is 18.0. The first-order chi connectivity index (χ1) is 10.4. The third-order valence-electron chi connectivity index (χ3n) is 3.00. The Bertz CT molecular complexity index is 457. The molecule has 0 spiro atoms. The lowest BCUT2D eigenvalue weighted by atomic mass is 10.1. The molecule has 0 amide bonds. The fourth-order valence-electron chi connectivity index (χ4n) is 1.82. The molecule has 0 heteroatoms. The molecule has 0 aromatic heterocycles. The quantitative estimate of drug-likeness (QED) is 0.385. The molecule has 0 fully saturated rings. The predicted molar refractivity (Wildman–Crippen MR) is 93.1 cm³/mol. The smallest absolute Gasteiger partial charge is 0.0102 e. The maximum atomic E-state index is 5.21. The van der Waals surface area contributed by atoms with Crippen LogP contribution in [0.4, 0.5) is 0 Å². The van der Waals surface area contributed by atoms with Crippen LogP contribution in [0, 0.1) is 48.4 Å². The summed E-state index contributed by atoms with van der Waals surface area (Å²) in [6.07, 6.45) is 26.3. The first kappa shape index (κ1) is 19.0. The highest BCUT2D eigenvalue weighted by atomic mass is 13.9. The Hall–Kier alpha value is -2.02. The average molecular weight is 278 g/mol. The molecule has 0 aromatic carbocycles.